The number of nitrogens with zero attached hydrogens (tertiary/aromatic N) is 3. The van der Waals surface area contributed by atoms with Crippen molar-refractivity contribution < 1.29 is 30.3 Å². The Bertz CT molecular complexity index is 3760. The van der Waals surface area contributed by atoms with Crippen LogP contribution < -0.4 is 0 Å². The van der Waals surface area contributed by atoms with Crippen molar-refractivity contribution in [2.45, 2.75) is 92.3 Å². The van der Waals surface area contributed by atoms with Crippen LogP contribution in [0.5, 0.6) is 5.75 Å². The van der Waals surface area contributed by atoms with Gasteiger partial charge >= 0.3 is 0 Å². The third-order valence-electron chi connectivity index (χ3n) is 13.9. The van der Waals surface area contributed by atoms with Crippen molar-refractivity contribution in [3.63, 3.8) is 0 Å². The van der Waals surface area contributed by atoms with Crippen molar-refractivity contribution in [3.8, 4) is 89.7 Å². The van der Waals surface area contributed by atoms with Gasteiger partial charge < -0.3 is 5.11 Å². The maximum atomic E-state index is 12.7. The van der Waals surface area contributed by atoms with Crippen molar-refractivity contribution in [2.75, 3.05) is 0 Å². The summed E-state index contributed by atoms with van der Waals surface area (Å²) in [5.74, 6) is 0.531. The molecular formula is C68H64N3OPt-. The Hall–Kier alpha value is -7.13. The molecule has 4 nitrogen and oxygen atoms in total. The molecule has 0 aliphatic heterocycles. The maximum Gasteiger partial charge on any atom is 0.148 e. The fourth-order valence-electron chi connectivity index (χ4n) is 9.94. The van der Waals surface area contributed by atoms with Crippen LogP contribution in [0, 0.1) is 19.8 Å². The molecule has 10 rings (SSSR count). The van der Waals surface area contributed by atoms with Gasteiger partial charge in [0.2, 0.25) is 0 Å². The van der Waals surface area contributed by atoms with Gasteiger partial charge in [-0.1, -0.05) is 218 Å². The second-order valence-electron chi connectivity index (χ2n) is 22.3. The van der Waals surface area contributed by atoms with Crippen molar-refractivity contribution in [1.82, 2.24) is 14.5 Å². The maximum absolute atomic E-state index is 12.7. The Morgan fingerprint density at radius 2 is 1.15 bits per heavy atom. The molecule has 0 amide bonds. The summed E-state index contributed by atoms with van der Waals surface area (Å²) in [6, 6.07) is 63.7. The molecule has 0 fully saturated rings. The second-order valence-corrected chi connectivity index (χ2v) is 22.3. The summed E-state index contributed by atoms with van der Waals surface area (Å²) in [4.78, 5) is 10.5. The van der Waals surface area contributed by atoms with E-state index in [-0.39, 0.29) is 43.2 Å². The molecule has 73 heavy (non-hydrogen) atoms. The monoisotopic (exact) mass is 1140 g/mol. The Labute approximate surface area is 451 Å². The number of hydrogen-bond acceptors (Lipinski definition) is 3. The van der Waals surface area contributed by atoms with Crippen molar-refractivity contribution >= 4 is 11.0 Å². The molecule has 0 unspecified atom stereocenters. The number of benzene rings is 8. The van der Waals surface area contributed by atoms with Gasteiger partial charge in [0.15, 0.2) is 0 Å². The zero-order valence-corrected chi connectivity index (χ0v) is 45.7. The predicted octanol–water partition coefficient (Wildman–Crippen LogP) is 18.1. The van der Waals surface area contributed by atoms with Gasteiger partial charge in [-0.2, -0.15) is 0 Å². The smallest absolute Gasteiger partial charge is 0.148 e. The van der Waals surface area contributed by atoms with E-state index in [0.29, 0.717) is 28.1 Å². The van der Waals surface area contributed by atoms with Gasteiger partial charge in [-0.3, -0.25) is 9.55 Å². The number of aryl methyl sites for hydroxylation is 2. The minimum absolute atomic E-state index is 0. The van der Waals surface area contributed by atoms with Crippen LogP contribution >= 0.6 is 0 Å². The third-order valence-corrected chi connectivity index (χ3v) is 13.9. The number of phenols is 1. The summed E-state index contributed by atoms with van der Waals surface area (Å²) in [7, 11) is 0. The normalized spacial score (nSPS) is 12.8. The Morgan fingerprint density at radius 3 is 1.82 bits per heavy atom. The van der Waals surface area contributed by atoms with Crippen molar-refractivity contribution in [2.24, 2.45) is 0 Å². The summed E-state index contributed by atoms with van der Waals surface area (Å²) in [6.07, 6.45) is 1.85. The molecule has 0 saturated heterocycles. The van der Waals surface area contributed by atoms with Crippen LogP contribution in [0.2, 0.25) is 0 Å². The first kappa shape index (κ1) is 46.9. The van der Waals surface area contributed by atoms with Crippen LogP contribution in [0.3, 0.4) is 0 Å². The van der Waals surface area contributed by atoms with E-state index in [1.165, 1.54) is 5.56 Å². The van der Waals surface area contributed by atoms with Crippen LogP contribution in [0.4, 0.5) is 0 Å². The van der Waals surface area contributed by atoms with E-state index in [9.17, 15) is 9.22 Å². The molecule has 0 spiro atoms. The number of hydrogen-bond donors (Lipinski definition) is 1. The average molecular weight is 1140 g/mol. The van der Waals surface area contributed by atoms with Crippen LogP contribution in [0.15, 0.2) is 182 Å². The molecule has 2 heterocycles. The molecule has 1 N–H and O–H groups in total. The first-order valence-corrected chi connectivity index (χ1v) is 25.0. The predicted molar refractivity (Wildman–Crippen MR) is 303 cm³/mol. The van der Waals surface area contributed by atoms with E-state index in [0.717, 1.165) is 83.6 Å². The quantitative estimate of drug-likeness (QED) is 0.154. The second kappa shape index (κ2) is 19.7. The van der Waals surface area contributed by atoms with E-state index in [4.69, 9.17) is 9.97 Å². The van der Waals surface area contributed by atoms with Crippen LogP contribution in [0.25, 0.3) is 95.0 Å². The van der Waals surface area contributed by atoms with Gasteiger partial charge in [0.05, 0.1) is 22.3 Å². The number of aromatic nitrogens is 3. The number of fused-ring (bicyclic) bond motifs is 1. The van der Waals surface area contributed by atoms with Gasteiger partial charge in [0.1, 0.15) is 11.6 Å². The third kappa shape index (κ3) is 10.0. The summed E-state index contributed by atoms with van der Waals surface area (Å²) in [5.41, 5.74) is 16.7. The molecule has 0 aliphatic carbocycles. The van der Waals surface area contributed by atoms with Gasteiger partial charge in [-0.25, -0.2) is 4.98 Å². The fraction of sp³-hybridized carbons (Fsp3) is 0.206. The molecule has 8 aromatic carbocycles. The molecule has 2 aromatic heterocycles. The molecule has 0 saturated carbocycles. The molecule has 5 heteroatoms. The topological polar surface area (TPSA) is 50.9 Å². The largest absolute Gasteiger partial charge is 0.507 e. The first-order valence-electron chi connectivity index (χ1n) is 26.5. The van der Waals surface area contributed by atoms with Crippen LogP contribution in [-0.2, 0) is 37.3 Å². The van der Waals surface area contributed by atoms with E-state index >= 15 is 0 Å². The zero-order chi connectivity index (χ0) is 53.2. The molecule has 0 atom stereocenters. The summed E-state index contributed by atoms with van der Waals surface area (Å²) >= 11 is 0. The number of phenolic OH excluding ortho intramolecular Hbond substituents is 1. The molecule has 0 aliphatic rings. The number of aromatic hydroxyl groups is 1. The van der Waals surface area contributed by atoms with Gasteiger partial charge in [0.25, 0.3) is 0 Å². The molecular weight excluding hydrogens is 1070 g/mol. The number of imidazole rings is 1. The molecule has 0 radical (unpaired) electrons. The Kier molecular flexibility index (Phi) is 12.7. The van der Waals surface area contributed by atoms with E-state index in [1.54, 1.807) is 0 Å². The molecule has 10 aromatic rings. The molecule has 0 bridgehead atoms. The van der Waals surface area contributed by atoms with E-state index in [1.807, 2.05) is 89.6 Å². The minimum atomic E-state index is -2.57. The van der Waals surface area contributed by atoms with Gasteiger partial charge in [-0.05, 0) is 116 Å². The Morgan fingerprint density at radius 1 is 0.521 bits per heavy atom. The van der Waals surface area contributed by atoms with Crippen LogP contribution in [0.1, 0.15) is 94.2 Å². The van der Waals surface area contributed by atoms with Gasteiger partial charge in [0, 0.05) is 42.6 Å². The number of pyridine rings is 1. The summed E-state index contributed by atoms with van der Waals surface area (Å²) < 4.78 is 30.0. The number of para-hydroxylation sites is 1. The van der Waals surface area contributed by atoms with Crippen molar-refractivity contribution in [3.05, 3.63) is 216 Å². The van der Waals surface area contributed by atoms with Gasteiger partial charge in [-0.15, -0.1) is 23.8 Å². The standard InChI is InChI=1S/C68H64N3O.Pt/c1-43-28-30-46(31-29-43)48-34-35-69-59(40-48)52-38-50(45-20-14-12-15-21-45)37-51(39-52)55-25-19-27-61-63(55)70-65(56-41-53(66(3,4)5)42-58(64(56)72)68(9,10)11)71(61)60-33-32-49(36-44(60)2)62-54(47-22-16-13-17-23-47)24-18-26-57(62)67(6,7)8;/h12-38,40-42,72H,1-11H3;/q-1;/i2D3;. The van der Waals surface area contributed by atoms with Crippen LogP contribution in [-0.4, -0.2) is 19.6 Å². The first-order chi connectivity index (χ1) is 35.5. The molecule has 368 valence electrons. The number of rotatable bonds is 8. The Balaban J connectivity index is 0.00000706. The summed E-state index contributed by atoms with van der Waals surface area (Å²) in [6.45, 7) is 18.9. The van der Waals surface area contributed by atoms with E-state index < -0.39 is 12.3 Å². The van der Waals surface area contributed by atoms with E-state index in [2.05, 4.69) is 172 Å². The summed E-state index contributed by atoms with van der Waals surface area (Å²) in [5, 5.41) is 12.7. The zero-order valence-electron chi connectivity index (χ0n) is 46.4. The SMILES string of the molecule is [2H]C([2H])([2H])c1cc(-c2c(-c3ccccc3)cccc2C(C)(C)C)ccc1-n1c(-c2cc(C(C)(C)C)cc(C(C)(C)C)c2O)nc2c(-c3[c-]c(-c4cc(-c5ccc(C)cc5)ccn4)cc(-c4ccccc4)c3)cccc21.[Pt]. The average Bonchev–Trinajstić information content (AvgIpc) is 3.79. The van der Waals surface area contributed by atoms with Crippen molar-refractivity contribution in [1.29, 1.82) is 0 Å². The fourth-order valence-corrected chi connectivity index (χ4v) is 9.94. The minimum Gasteiger partial charge on any atom is -0.507 e.